The molecule has 0 unspecified atom stereocenters. The molecule has 0 fully saturated rings. The van der Waals surface area contributed by atoms with Gasteiger partial charge in [-0.1, -0.05) is 48.0 Å². The molecule has 0 aliphatic rings. The standard InChI is InChI=1S/C19H15ClN2O3/c20-16(8-13-4-2-1-3-5-13)10-15(11-21)19(25)22-12-14-6-7-17(23)18(24)9-14/h1-10,23-24H,12H2,(H,22,25). The van der Waals surface area contributed by atoms with Crippen LogP contribution in [0.2, 0.25) is 0 Å². The van der Waals surface area contributed by atoms with Crippen molar-refractivity contribution in [1.82, 2.24) is 5.32 Å². The summed E-state index contributed by atoms with van der Waals surface area (Å²) in [6.07, 6.45) is 2.93. The molecule has 25 heavy (non-hydrogen) atoms. The molecule has 1 amide bonds. The van der Waals surface area contributed by atoms with E-state index in [1.54, 1.807) is 12.1 Å². The Morgan fingerprint density at radius 2 is 1.88 bits per heavy atom. The van der Waals surface area contributed by atoms with Gasteiger partial charge in [-0.3, -0.25) is 4.79 Å². The lowest BCUT2D eigenvalue weighted by Crippen LogP contribution is -2.24. The van der Waals surface area contributed by atoms with Crippen LogP contribution in [0.4, 0.5) is 0 Å². The van der Waals surface area contributed by atoms with E-state index in [1.165, 1.54) is 18.2 Å². The number of nitrogens with one attached hydrogen (secondary N) is 1. The van der Waals surface area contributed by atoms with Crippen molar-refractivity contribution >= 4 is 23.6 Å². The third kappa shape index (κ3) is 5.41. The number of carbonyl (C=O) groups is 1. The van der Waals surface area contributed by atoms with Crippen LogP contribution in [0.5, 0.6) is 11.5 Å². The van der Waals surface area contributed by atoms with Crippen LogP contribution in [-0.2, 0) is 11.3 Å². The Balaban J connectivity index is 2.06. The maximum atomic E-state index is 12.1. The van der Waals surface area contributed by atoms with Crippen molar-refractivity contribution in [2.24, 2.45) is 0 Å². The molecular weight excluding hydrogens is 340 g/mol. The average Bonchev–Trinajstić information content (AvgIpc) is 2.61. The van der Waals surface area contributed by atoms with Gasteiger partial charge in [-0.15, -0.1) is 0 Å². The topological polar surface area (TPSA) is 93.4 Å². The molecule has 0 aromatic heterocycles. The Kier molecular flexibility index (Phi) is 6.21. The third-order valence-electron chi connectivity index (χ3n) is 3.24. The second-order valence-electron chi connectivity index (χ2n) is 5.12. The number of hydrogen-bond donors (Lipinski definition) is 3. The Morgan fingerprint density at radius 1 is 1.16 bits per heavy atom. The number of rotatable bonds is 5. The smallest absolute Gasteiger partial charge is 0.262 e. The Morgan fingerprint density at radius 3 is 2.52 bits per heavy atom. The van der Waals surface area contributed by atoms with E-state index in [9.17, 15) is 15.0 Å². The summed E-state index contributed by atoms with van der Waals surface area (Å²) < 4.78 is 0. The van der Waals surface area contributed by atoms with Crippen LogP contribution in [0, 0.1) is 11.3 Å². The maximum absolute atomic E-state index is 12.1. The average molecular weight is 355 g/mol. The van der Waals surface area contributed by atoms with Gasteiger partial charge in [0, 0.05) is 11.6 Å². The zero-order valence-electron chi connectivity index (χ0n) is 13.1. The van der Waals surface area contributed by atoms with Gasteiger partial charge in [0.2, 0.25) is 0 Å². The molecule has 3 N–H and O–H groups in total. The van der Waals surface area contributed by atoms with Crippen molar-refractivity contribution < 1.29 is 15.0 Å². The summed E-state index contributed by atoms with van der Waals surface area (Å²) in [6.45, 7) is 0.0890. The molecule has 0 saturated heterocycles. The number of nitriles is 1. The summed E-state index contributed by atoms with van der Waals surface area (Å²) >= 11 is 6.08. The van der Waals surface area contributed by atoms with Gasteiger partial charge in [0.1, 0.15) is 11.6 Å². The second-order valence-corrected chi connectivity index (χ2v) is 5.55. The SMILES string of the molecule is N#CC(=CC(Cl)=Cc1ccccc1)C(=O)NCc1ccc(O)c(O)c1. The van der Waals surface area contributed by atoms with Gasteiger partial charge in [-0.25, -0.2) is 0 Å². The Labute approximate surface area is 150 Å². The number of halogens is 1. The monoisotopic (exact) mass is 354 g/mol. The van der Waals surface area contributed by atoms with Crippen molar-refractivity contribution in [3.63, 3.8) is 0 Å². The second kappa shape index (κ2) is 8.57. The lowest BCUT2D eigenvalue weighted by molar-refractivity contribution is -0.117. The van der Waals surface area contributed by atoms with Gasteiger partial charge in [0.15, 0.2) is 11.5 Å². The predicted molar refractivity (Wildman–Crippen MR) is 95.6 cm³/mol. The van der Waals surface area contributed by atoms with Gasteiger partial charge >= 0.3 is 0 Å². The van der Waals surface area contributed by atoms with E-state index in [-0.39, 0.29) is 28.6 Å². The minimum atomic E-state index is -0.588. The molecule has 0 radical (unpaired) electrons. The van der Waals surface area contributed by atoms with Crippen LogP contribution >= 0.6 is 11.6 Å². The first-order chi connectivity index (χ1) is 12.0. The van der Waals surface area contributed by atoms with Crippen molar-refractivity contribution in [3.05, 3.63) is 76.3 Å². The molecule has 0 saturated carbocycles. The van der Waals surface area contributed by atoms with Crippen molar-refractivity contribution in [2.45, 2.75) is 6.54 Å². The highest BCUT2D eigenvalue weighted by Gasteiger charge is 2.10. The molecule has 0 heterocycles. The number of carbonyl (C=O) groups excluding carboxylic acids is 1. The summed E-state index contributed by atoms with van der Waals surface area (Å²) in [6, 6.07) is 15.3. The molecule has 0 bridgehead atoms. The van der Waals surface area contributed by atoms with Crippen LogP contribution in [0.15, 0.2) is 65.2 Å². The number of phenolic OH excluding ortho intramolecular Hbond substituents is 2. The fourth-order valence-electron chi connectivity index (χ4n) is 1.99. The Bertz CT molecular complexity index is 868. The maximum Gasteiger partial charge on any atom is 0.262 e. The van der Waals surface area contributed by atoms with Crippen LogP contribution in [-0.4, -0.2) is 16.1 Å². The highest BCUT2D eigenvalue weighted by Crippen LogP contribution is 2.24. The fraction of sp³-hybridized carbons (Fsp3) is 0.0526. The molecule has 0 atom stereocenters. The number of aromatic hydroxyl groups is 2. The number of phenols is 2. The molecule has 5 nitrogen and oxygen atoms in total. The number of hydrogen-bond acceptors (Lipinski definition) is 4. The number of nitrogens with zero attached hydrogens (tertiary/aromatic N) is 1. The van der Waals surface area contributed by atoms with Crippen LogP contribution in [0.1, 0.15) is 11.1 Å². The molecule has 0 aliphatic carbocycles. The number of allylic oxidation sites excluding steroid dienone is 2. The van der Waals surface area contributed by atoms with Gasteiger partial charge in [0.05, 0.1) is 0 Å². The van der Waals surface area contributed by atoms with E-state index in [1.807, 2.05) is 36.4 Å². The van der Waals surface area contributed by atoms with Crippen LogP contribution < -0.4 is 5.32 Å². The highest BCUT2D eigenvalue weighted by atomic mass is 35.5. The summed E-state index contributed by atoms with van der Waals surface area (Å²) in [5.41, 5.74) is 1.29. The molecule has 0 spiro atoms. The normalized spacial score (nSPS) is 11.7. The largest absolute Gasteiger partial charge is 0.504 e. The molecule has 2 aromatic rings. The van der Waals surface area contributed by atoms with Crippen molar-refractivity contribution in [1.29, 1.82) is 5.26 Å². The zero-order valence-corrected chi connectivity index (χ0v) is 13.9. The zero-order chi connectivity index (χ0) is 18.2. The molecule has 2 rings (SSSR count). The van der Waals surface area contributed by atoms with Gasteiger partial charge in [-0.05, 0) is 35.4 Å². The van der Waals surface area contributed by atoms with Crippen molar-refractivity contribution in [2.75, 3.05) is 0 Å². The number of amides is 1. The first kappa shape index (κ1) is 18.1. The molecule has 6 heteroatoms. The quantitative estimate of drug-likeness (QED) is 0.332. The lowest BCUT2D eigenvalue weighted by Gasteiger charge is -2.06. The van der Waals surface area contributed by atoms with Crippen LogP contribution in [0.3, 0.4) is 0 Å². The first-order valence-corrected chi connectivity index (χ1v) is 7.70. The fourth-order valence-corrected chi connectivity index (χ4v) is 2.23. The minimum Gasteiger partial charge on any atom is -0.504 e. The third-order valence-corrected chi connectivity index (χ3v) is 3.46. The van der Waals surface area contributed by atoms with E-state index < -0.39 is 5.91 Å². The summed E-state index contributed by atoms with van der Waals surface area (Å²) in [4.78, 5) is 12.1. The molecule has 0 aliphatic heterocycles. The summed E-state index contributed by atoms with van der Waals surface area (Å²) in [7, 11) is 0. The number of benzene rings is 2. The lowest BCUT2D eigenvalue weighted by atomic mass is 10.1. The van der Waals surface area contributed by atoms with Gasteiger partial charge < -0.3 is 15.5 Å². The predicted octanol–water partition coefficient (Wildman–Crippen LogP) is 3.44. The van der Waals surface area contributed by atoms with Crippen LogP contribution in [0.25, 0.3) is 6.08 Å². The molecular formula is C19H15ClN2O3. The summed E-state index contributed by atoms with van der Waals surface area (Å²) in [5, 5.41) is 30.6. The first-order valence-electron chi connectivity index (χ1n) is 7.32. The van der Waals surface area contributed by atoms with Gasteiger partial charge in [0.25, 0.3) is 5.91 Å². The van der Waals surface area contributed by atoms with E-state index in [2.05, 4.69) is 5.32 Å². The van der Waals surface area contributed by atoms with E-state index in [4.69, 9.17) is 16.9 Å². The molecule has 2 aromatic carbocycles. The van der Waals surface area contributed by atoms with E-state index in [0.717, 1.165) is 5.56 Å². The summed E-state index contributed by atoms with van der Waals surface area (Å²) in [5.74, 6) is -1.11. The van der Waals surface area contributed by atoms with E-state index >= 15 is 0 Å². The highest BCUT2D eigenvalue weighted by molar-refractivity contribution is 6.33. The molecule has 126 valence electrons. The van der Waals surface area contributed by atoms with Crippen molar-refractivity contribution in [3.8, 4) is 17.6 Å². The Hall–Kier alpha value is -3.23. The van der Waals surface area contributed by atoms with E-state index in [0.29, 0.717) is 5.56 Å². The minimum absolute atomic E-state index is 0.0890. The van der Waals surface area contributed by atoms with Gasteiger partial charge in [-0.2, -0.15) is 5.26 Å².